The molecule has 0 bridgehead atoms. The highest BCUT2D eigenvalue weighted by atomic mass is 16.5. The van der Waals surface area contributed by atoms with Gasteiger partial charge in [0, 0.05) is 27.3 Å². The van der Waals surface area contributed by atoms with Gasteiger partial charge in [-0.3, -0.25) is 0 Å². The Bertz CT molecular complexity index is 328. The van der Waals surface area contributed by atoms with Crippen molar-refractivity contribution in [3.05, 3.63) is 35.9 Å². The van der Waals surface area contributed by atoms with Crippen molar-refractivity contribution in [3.63, 3.8) is 0 Å². The highest BCUT2D eigenvalue weighted by Crippen LogP contribution is 2.15. The molecule has 0 saturated heterocycles. The van der Waals surface area contributed by atoms with E-state index in [2.05, 4.69) is 5.32 Å². The third-order valence-corrected chi connectivity index (χ3v) is 2.98. The highest BCUT2D eigenvalue weighted by Gasteiger charge is 2.20. The van der Waals surface area contributed by atoms with E-state index < -0.39 is 0 Å². The second-order valence-electron chi connectivity index (χ2n) is 4.73. The lowest BCUT2D eigenvalue weighted by atomic mass is 9.93. The van der Waals surface area contributed by atoms with E-state index in [1.807, 2.05) is 37.3 Å². The number of rotatable bonds is 8. The van der Waals surface area contributed by atoms with Crippen LogP contribution in [0.3, 0.4) is 0 Å². The second kappa shape index (κ2) is 7.48. The van der Waals surface area contributed by atoms with Crippen LogP contribution in [-0.2, 0) is 15.0 Å². The van der Waals surface area contributed by atoms with Gasteiger partial charge in [0.15, 0.2) is 0 Å². The second-order valence-corrected chi connectivity index (χ2v) is 4.73. The van der Waals surface area contributed by atoms with Gasteiger partial charge in [-0.05, 0) is 12.5 Å². The number of ether oxygens (including phenoxy) is 2. The van der Waals surface area contributed by atoms with E-state index in [-0.39, 0.29) is 11.6 Å². The molecule has 102 valence electrons. The van der Waals surface area contributed by atoms with Crippen LogP contribution in [0.2, 0.25) is 0 Å². The molecular weight excluding hydrogens is 228 g/mol. The fourth-order valence-electron chi connectivity index (χ4n) is 1.81. The Balaban J connectivity index is 2.42. The minimum Gasteiger partial charge on any atom is -0.382 e. The standard InChI is InChI=1S/C14H24N2O2/c1-14(15,12-7-5-4-6-8-12)11-16-9-13(18-3)10-17-2/h4-8,13,16H,9-11,15H2,1-3H3. The van der Waals surface area contributed by atoms with Gasteiger partial charge in [0.2, 0.25) is 0 Å². The van der Waals surface area contributed by atoms with E-state index in [0.29, 0.717) is 13.2 Å². The van der Waals surface area contributed by atoms with E-state index in [1.165, 1.54) is 0 Å². The summed E-state index contributed by atoms with van der Waals surface area (Å²) in [5, 5.41) is 3.33. The maximum absolute atomic E-state index is 6.31. The fourth-order valence-corrected chi connectivity index (χ4v) is 1.81. The molecule has 0 aliphatic rings. The molecule has 0 radical (unpaired) electrons. The smallest absolute Gasteiger partial charge is 0.0928 e. The van der Waals surface area contributed by atoms with Crippen molar-refractivity contribution in [2.75, 3.05) is 33.9 Å². The lowest BCUT2D eigenvalue weighted by Gasteiger charge is -2.26. The monoisotopic (exact) mass is 252 g/mol. The molecule has 0 fully saturated rings. The zero-order valence-corrected chi connectivity index (χ0v) is 11.5. The van der Waals surface area contributed by atoms with Crippen molar-refractivity contribution in [2.45, 2.75) is 18.6 Å². The first-order chi connectivity index (χ1) is 8.60. The predicted molar refractivity (Wildman–Crippen MR) is 73.5 cm³/mol. The molecular formula is C14H24N2O2. The molecule has 0 saturated carbocycles. The summed E-state index contributed by atoms with van der Waals surface area (Å²) in [4.78, 5) is 0. The van der Waals surface area contributed by atoms with Crippen molar-refractivity contribution in [1.29, 1.82) is 0 Å². The quantitative estimate of drug-likeness (QED) is 0.728. The van der Waals surface area contributed by atoms with Crippen LogP contribution >= 0.6 is 0 Å². The molecule has 2 atom stereocenters. The number of hydrogen-bond donors (Lipinski definition) is 2. The molecule has 4 heteroatoms. The number of nitrogens with two attached hydrogens (primary N) is 1. The van der Waals surface area contributed by atoms with E-state index in [1.54, 1.807) is 14.2 Å². The molecule has 1 aromatic rings. The first-order valence-corrected chi connectivity index (χ1v) is 6.17. The summed E-state index contributed by atoms with van der Waals surface area (Å²) < 4.78 is 10.3. The minimum atomic E-state index is -0.382. The van der Waals surface area contributed by atoms with Gasteiger partial charge < -0.3 is 20.5 Å². The number of nitrogens with one attached hydrogen (secondary N) is 1. The van der Waals surface area contributed by atoms with Crippen LogP contribution in [0, 0.1) is 0 Å². The van der Waals surface area contributed by atoms with Crippen LogP contribution in [0.15, 0.2) is 30.3 Å². The maximum Gasteiger partial charge on any atom is 0.0928 e. The van der Waals surface area contributed by atoms with Gasteiger partial charge in [-0.15, -0.1) is 0 Å². The van der Waals surface area contributed by atoms with Gasteiger partial charge in [-0.25, -0.2) is 0 Å². The number of methoxy groups -OCH3 is 2. The molecule has 0 amide bonds. The van der Waals surface area contributed by atoms with Crippen molar-refractivity contribution in [2.24, 2.45) is 5.73 Å². The molecule has 2 unspecified atom stereocenters. The van der Waals surface area contributed by atoms with Gasteiger partial charge in [0.05, 0.1) is 18.2 Å². The summed E-state index contributed by atoms with van der Waals surface area (Å²) in [5.74, 6) is 0. The molecule has 0 spiro atoms. The molecule has 1 rings (SSSR count). The zero-order chi connectivity index (χ0) is 13.4. The topological polar surface area (TPSA) is 56.5 Å². The van der Waals surface area contributed by atoms with Crippen LogP contribution in [0.25, 0.3) is 0 Å². The molecule has 0 aromatic heterocycles. The van der Waals surface area contributed by atoms with Crippen LogP contribution in [0.1, 0.15) is 12.5 Å². The SMILES string of the molecule is COCC(CNCC(C)(N)c1ccccc1)OC. The van der Waals surface area contributed by atoms with Crippen LogP contribution < -0.4 is 11.1 Å². The molecule has 0 aliphatic heterocycles. The molecule has 18 heavy (non-hydrogen) atoms. The van der Waals surface area contributed by atoms with Crippen molar-refractivity contribution >= 4 is 0 Å². The predicted octanol–water partition coefficient (Wildman–Crippen LogP) is 1.11. The van der Waals surface area contributed by atoms with E-state index in [4.69, 9.17) is 15.2 Å². The summed E-state index contributed by atoms with van der Waals surface area (Å²) in [6.45, 7) is 4.02. The molecule has 0 aliphatic carbocycles. The van der Waals surface area contributed by atoms with Gasteiger partial charge in [0.1, 0.15) is 0 Å². The summed E-state index contributed by atoms with van der Waals surface area (Å²) in [6, 6.07) is 10.1. The largest absolute Gasteiger partial charge is 0.382 e. The van der Waals surface area contributed by atoms with Gasteiger partial charge >= 0.3 is 0 Å². The van der Waals surface area contributed by atoms with E-state index >= 15 is 0 Å². The normalized spacial score (nSPS) is 16.2. The first kappa shape index (κ1) is 15.1. The highest BCUT2D eigenvalue weighted by molar-refractivity contribution is 5.23. The van der Waals surface area contributed by atoms with Crippen LogP contribution in [-0.4, -0.2) is 40.0 Å². The Kier molecular flexibility index (Phi) is 6.29. The minimum absolute atomic E-state index is 0.0570. The van der Waals surface area contributed by atoms with E-state index in [0.717, 1.165) is 12.1 Å². The Hall–Kier alpha value is -0.940. The fraction of sp³-hybridized carbons (Fsp3) is 0.571. The Labute approximate surface area is 109 Å². The Morgan fingerprint density at radius 3 is 2.50 bits per heavy atom. The number of benzene rings is 1. The average molecular weight is 252 g/mol. The summed E-state index contributed by atoms with van der Waals surface area (Å²) >= 11 is 0. The third kappa shape index (κ3) is 4.74. The molecule has 0 heterocycles. The Morgan fingerprint density at radius 1 is 1.28 bits per heavy atom. The first-order valence-electron chi connectivity index (χ1n) is 6.17. The van der Waals surface area contributed by atoms with Crippen LogP contribution in [0.5, 0.6) is 0 Å². The van der Waals surface area contributed by atoms with Crippen molar-refractivity contribution in [3.8, 4) is 0 Å². The maximum atomic E-state index is 6.31. The summed E-state index contributed by atoms with van der Waals surface area (Å²) in [5.41, 5.74) is 7.05. The van der Waals surface area contributed by atoms with Crippen LogP contribution in [0.4, 0.5) is 0 Å². The van der Waals surface area contributed by atoms with Crippen molar-refractivity contribution < 1.29 is 9.47 Å². The van der Waals surface area contributed by atoms with E-state index in [9.17, 15) is 0 Å². The molecule has 1 aromatic carbocycles. The molecule has 3 N–H and O–H groups in total. The zero-order valence-electron chi connectivity index (χ0n) is 11.5. The van der Waals surface area contributed by atoms with Gasteiger partial charge in [-0.2, -0.15) is 0 Å². The average Bonchev–Trinajstić information content (AvgIpc) is 2.38. The van der Waals surface area contributed by atoms with Crippen molar-refractivity contribution in [1.82, 2.24) is 5.32 Å². The summed E-state index contributed by atoms with van der Waals surface area (Å²) in [7, 11) is 3.35. The molecule has 4 nitrogen and oxygen atoms in total. The summed E-state index contributed by atoms with van der Waals surface area (Å²) in [6.07, 6.45) is 0.0570. The number of hydrogen-bond acceptors (Lipinski definition) is 4. The lowest BCUT2D eigenvalue weighted by Crippen LogP contribution is -2.45. The third-order valence-electron chi connectivity index (χ3n) is 2.98. The Morgan fingerprint density at radius 2 is 1.94 bits per heavy atom. The van der Waals surface area contributed by atoms with Gasteiger partial charge in [0.25, 0.3) is 0 Å². The van der Waals surface area contributed by atoms with Gasteiger partial charge in [-0.1, -0.05) is 30.3 Å². The lowest BCUT2D eigenvalue weighted by molar-refractivity contribution is 0.0283.